The van der Waals surface area contributed by atoms with Crippen molar-refractivity contribution in [1.82, 2.24) is 0 Å². The molecule has 0 spiro atoms. The van der Waals surface area contributed by atoms with E-state index in [0.29, 0.717) is 0 Å². The Morgan fingerprint density at radius 2 is 1.89 bits per heavy atom. The van der Waals surface area contributed by atoms with Crippen LogP contribution in [0.4, 0.5) is 5.69 Å². The summed E-state index contributed by atoms with van der Waals surface area (Å²) in [5, 5.41) is 9.39. The molecule has 0 aliphatic carbocycles. The minimum absolute atomic E-state index is 0.109. The second kappa shape index (κ2) is 4.37. The molecule has 1 aromatic carbocycles. The van der Waals surface area contributed by atoms with Crippen LogP contribution in [-0.4, -0.2) is 23.5 Å². The average molecular weight is 261 g/mol. The van der Waals surface area contributed by atoms with Gasteiger partial charge in [-0.2, -0.15) is 0 Å². The van der Waals surface area contributed by atoms with E-state index in [-0.39, 0.29) is 12.5 Å². The van der Waals surface area contributed by atoms with Crippen molar-refractivity contribution in [3.05, 3.63) is 29.3 Å². The molecule has 2 atom stereocenters. The summed E-state index contributed by atoms with van der Waals surface area (Å²) in [7, 11) is 0. The number of hydrogen-bond acceptors (Lipinski definition) is 2. The van der Waals surface area contributed by atoms with Crippen molar-refractivity contribution in [2.75, 3.05) is 11.4 Å². The molecular weight excluding hydrogens is 242 g/mol. The second-order valence-electron chi connectivity index (χ2n) is 5.61. The third-order valence-electron chi connectivity index (χ3n) is 4.28. The molecule has 1 amide bonds. The maximum absolute atomic E-state index is 12.4. The number of carbonyl (C=O) groups is 2. The summed E-state index contributed by atoms with van der Waals surface area (Å²) in [6.07, 6.45) is 0. The lowest BCUT2D eigenvalue weighted by atomic mass is 9.81. The predicted molar refractivity (Wildman–Crippen MR) is 73.2 cm³/mol. The van der Waals surface area contributed by atoms with Gasteiger partial charge in [0.25, 0.3) is 0 Å². The Kier molecular flexibility index (Phi) is 3.12. The number of para-hydroxylation sites is 1. The van der Waals surface area contributed by atoms with Gasteiger partial charge < -0.3 is 10.0 Å². The van der Waals surface area contributed by atoms with Gasteiger partial charge in [0.05, 0.1) is 11.3 Å². The second-order valence-corrected chi connectivity index (χ2v) is 5.61. The number of anilines is 1. The molecule has 4 heteroatoms. The molecule has 0 radical (unpaired) electrons. The molecule has 1 heterocycles. The molecule has 0 aromatic heterocycles. The molecule has 1 aliphatic rings. The normalized spacial score (nSPS) is 26.8. The van der Waals surface area contributed by atoms with E-state index < -0.39 is 17.3 Å². The van der Waals surface area contributed by atoms with Crippen LogP contribution in [0.3, 0.4) is 0 Å². The maximum Gasteiger partial charge on any atom is 0.311 e. The van der Waals surface area contributed by atoms with Gasteiger partial charge in [0.15, 0.2) is 0 Å². The molecule has 1 aromatic rings. The minimum Gasteiger partial charge on any atom is -0.481 e. The van der Waals surface area contributed by atoms with Crippen molar-refractivity contribution in [1.29, 1.82) is 0 Å². The van der Waals surface area contributed by atoms with E-state index in [1.807, 2.05) is 32.0 Å². The van der Waals surface area contributed by atoms with Gasteiger partial charge in [0, 0.05) is 12.2 Å². The first kappa shape index (κ1) is 13.6. The summed E-state index contributed by atoms with van der Waals surface area (Å²) < 4.78 is 0. The highest BCUT2D eigenvalue weighted by molar-refractivity contribution is 6.03. The van der Waals surface area contributed by atoms with Gasteiger partial charge in [0.1, 0.15) is 0 Å². The molecule has 0 bridgehead atoms. The SMILES string of the molecule is Cc1cccc(C)c1N1C[C@@](C)(C(=O)O)[C@H](C)C1=O. The summed E-state index contributed by atoms with van der Waals surface area (Å²) in [5.74, 6) is -1.53. The number of amides is 1. The standard InChI is InChI=1S/C15H19NO3/c1-9-6-5-7-10(2)12(9)16-8-15(4,14(18)19)11(3)13(16)17/h5-7,11H,8H2,1-4H3,(H,18,19)/t11-,15-/m1/s1. The molecule has 102 valence electrons. The molecule has 4 nitrogen and oxygen atoms in total. The average Bonchev–Trinajstić information content (AvgIpc) is 2.55. The van der Waals surface area contributed by atoms with E-state index >= 15 is 0 Å². The first-order valence-corrected chi connectivity index (χ1v) is 6.40. The minimum atomic E-state index is -1.02. The van der Waals surface area contributed by atoms with E-state index in [4.69, 9.17) is 0 Å². The fraction of sp³-hybridized carbons (Fsp3) is 0.467. The highest BCUT2D eigenvalue weighted by Gasteiger charge is 2.52. The molecule has 1 fully saturated rings. The zero-order valence-corrected chi connectivity index (χ0v) is 11.7. The van der Waals surface area contributed by atoms with Gasteiger partial charge >= 0.3 is 5.97 Å². The van der Waals surface area contributed by atoms with Crippen LogP contribution in [0.15, 0.2) is 18.2 Å². The quantitative estimate of drug-likeness (QED) is 0.889. The number of aliphatic carboxylic acids is 1. The van der Waals surface area contributed by atoms with Gasteiger partial charge in [-0.1, -0.05) is 25.1 Å². The fourth-order valence-corrected chi connectivity index (χ4v) is 2.72. The van der Waals surface area contributed by atoms with Crippen LogP contribution in [0.5, 0.6) is 0 Å². The summed E-state index contributed by atoms with van der Waals surface area (Å²) in [6.45, 7) is 7.46. The number of nitrogens with zero attached hydrogens (tertiary/aromatic N) is 1. The Balaban J connectivity index is 2.49. The molecule has 1 saturated heterocycles. The van der Waals surface area contributed by atoms with Gasteiger partial charge in [-0.3, -0.25) is 9.59 Å². The highest BCUT2D eigenvalue weighted by atomic mass is 16.4. The smallest absolute Gasteiger partial charge is 0.311 e. The van der Waals surface area contributed by atoms with Crippen LogP contribution in [0, 0.1) is 25.2 Å². The summed E-state index contributed by atoms with van der Waals surface area (Å²) in [5.41, 5.74) is 1.82. The summed E-state index contributed by atoms with van der Waals surface area (Å²) in [6, 6.07) is 5.82. The van der Waals surface area contributed by atoms with E-state index in [2.05, 4.69) is 0 Å². The summed E-state index contributed by atoms with van der Waals surface area (Å²) >= 11 is 0. The topological polar surface area (TPSA) is 57.6 Å². The largest absolute Gasteiger partial charge is 0.481 e. The van der Waals surface area contributed by atoms with Crippen molar-refractivity contribution >= 4 is 17.6 Å². The van der Waals surface area contributed by atoms with Crippen molar-refractivity contribution in [3.8, 4) is 0 Å². The molecule has 0 unspecified atom stereocenters. The van der Waals surface area contributed by atoms with Gasteiger partial charge in [-0.05, 0) is 31.9 Å². The zero-order chi connectivity index (χ0) is 14.4. The number of carbonyl (C=O) groups excluding carboxylic acids is 1. The van der Waals surface area contributed by atoms with E-state index in [1.165, 1.54) is 0 Å². The Morgan fingerprint density at radius 1 is 1.37 bits per heavy atom. The summed E-state index contributed by atoms with van der Waals surface area (Å²) in [4.78, 5) is 25.5. The molecule has 1 N–H and O–H groups in total. The van der Waals surface area contributed by atoms with Crippen molar-refractivity contribution in [2.45, 2.75) is 27.7 Å². The van der Waals surface area contributed by atoms with Crippen LogP contribution in [0.25, 0.3) is 0 Å². The predicted octanol–water partition coefficient (Wildman–Crippen LogP) is 2.38. The molecule has 19 heavy (non-hydrogen) atoms. The monoisotopic (exact) mass is 261 g/mol. The number of rotatable bonds is 2. The van der Waals surface area contributed by atoms with Crippen molar-refractivity contribution in [3.63, 3.8) is 0 Å². The fourth-order valence-electron chi connectivity index (χ4n) is 2.72. The van der Waals surface area contributed by atoms with Crippen molar-refractivity contribution in [2.24, 2.45) is 11.3 Å². The van der Waals surface area contributed by atoms with E-state index in [0.717, 1.165) is 16.8 Å². The molecular formula is C15H19NO3. The Labute approximate surface area is 113 Å². The first-order chi connectivity index (χ1) is 8.79. The van der Waals surface area contributed by atoms with Crippen LogP contribution in [-0.2, 0) is 9.59 Å². The van der Waals surface area contributed by atoms with Gasteiger partial charge in [0.2, 0.25) is 5.91 Å². The number of carboxylic acids is 1. The van der Waals surface area contributed by atoms with E-state index in [9.17, 15) is 14.7 Å². The Bertz CT molecular complexity index is 532. The molecule has 1 aliphatic heterocycles. The molecule has 2 rings (SSSR count). The third kappa shape index (κ3) is 1.91. The lowest BCUT2D eigenvalue weighted by Gasteiger charge is -2.23. The van der Waals surface area contributed by atoms with Crippen LogP contribution < -0.4 is 4.90 Å². The number of benzene rings is 1. The third-order valence-corrected chi connectivity index (χ3v) is 4.28. The maximum atomic E-state index is 12.4. The number of aryl methyl sites for hydroxylation is 2. The van der Waals surface area contributed by atoms with Crippen molar-refractivity contribution < 1.29 is 14.7 Å². The Morgan fingerprint density at radius 3 is 2.32 bits per heavy atom. The number of carboxylic acid groups (broad SMARTS) is 1. The van der Waals surface area contributed by atoms with Crippen LogP contribution in [0.2, 0.25) is 0 Å². The molecule has 0 saturated carbocycles. The Hall–Kier alpha value is -1.84. The zero-order valence-electron chi connectivity index (χ0n) is 11.7. The van der Waals surface area contributed by atoms with Gasteiger partial charge in [-0.25, -0.2) is 0 Å². The van der Waals surface area contributed by atoms with Gasteiger partial charge in [-0.15, -0.1) is 0 Å². The first-order valence-electron chi connectivity index (χ1n) is 6.40. The lowest BCUT2D eigenvalue weighted by Crippen LogP contribution is -2.35. The van der Waals surface area contributed by atoms with Crippen LogP contribution >= 0.6 is 0 Å². The lowest BCUT2D eigenvalue weighted by molar-refractivity contribution is -0.150. The van der Waals surface area contributed by atoms with E-state index in [1.54, 1.807) is 18.7 Å². The van der Waals surface area contributed by atoms with Crippen LogP contribution in [0.1, 0.15) is 25.0 Å². The highest BCUT2D eigenvalue weighted by Crippen LogP contribution is 2.41. The number of hydrogen-bond donors (Lipinski definition) is 1.